The van der Waals surface area contributed by atoms with Crippen LogP contribution in [0.5, 0.6) is 5.75 Å². The molecule has 0 spiro atoms. The monoisotopic (exact) mass is 592 g/mol. The number of anilines is 3. The smallest absolute Gasteiger partial charge is 0.252 e. The number of benzene rings is 4. The van der Waals surface area contributed by atoms with Crippen LogP contribution in [-0.2, 0) is 16.4 Å². The predicted octanol–water partition coefficient (Wildman–Crippen LogP) is 5.21. The molecule has 0 unspecified atom stereocenters. The zero-order chi connectivity index (χ0) is 30.3. The highest BCUT2D eigenvalue weighted by Crippen LogP contribution is 2.35. The van der Waals surface area contributed by atoms with E-state index in [9.17, 15) is 13.2 Å². The van der Waals surface area contributed by atoms with Gasteiger partial charge in [0.05, 0.1) is 45.7 Å². The lowest BCUT2D eigenvalue weighted by molar-refractivity contribution is 0.100. The van der Waals surface area contributed by atoms with E-state index in [2.05, 4.69) is 15.4 Å². The Morgan fingerprint density at radius 2 is 1.79 bits per heavy atom. The lowest BCUT2D eigenvalue weighted by atomic mass is 10.1. The van der Waals surface area contributed by atoms with Gasteiger partial charge in [-0.25, -0.2) is 8.42 Å². The first-order chi connectivity index (χ1) is 20.6. The van der Waals surface area contributed by atoms with Gasteiger partial charge < -0.3 is 21.5 Å². The van der Waals surface area contributed by atoms with Gasteiger partial charge in [-0.3, -0.25) is 14.5 Å². The van der Waals surface area contributed by atoms with Crippen molar-refractivity contribution in [2.75, 3.05) is 18.2 Å². The molecule has 216 valence electrons. The van der Waals surface area contributed by atoms with Gasteiger partial charge >= 0.3 is 0 Å². The molecule has 0 radical (unpaired) electrons. The van der Waals surface area contributed by atoms with E-state index in [1.807, 2.05) is 30.5 Å². The Morgan fingerprint density at radius 3 is 2.53 bits per heavy atom. The Morgan fingerprint density at radius 1 is 1.00 bits per heavy atom. The highest BCUT2D eigenvalue weighted by Gasteiger charge is 2.23. The van der Waals surface area contributed by atoms with Crippen molar-refractivity contribution < 1.29 is 17.9 Å². The molecular formula is C32H28N6O4S. The zero-order valence-electron chi connectivity index (χ0n) is 23.4. The second-order valence-electron chi connectivity index (χ2n) is 10.2. The average molecular weight is 593 g/mol. The topological polar surface area (TPSA) is 155 Å². The van der Waals surface area contributed by atoms with Gasteiger partial charge in [0.15, 0.2) is 0 Å². The van der Waals surface area contributed by atoms with Gasteiger partial charge in [0, 0.05) is 40.6 Å². The molecule has 2 aromatic heterocycles. The van der Waals surface area contributed by atoms with Crippen molar-refractivity contribution in [2.45, 2.75) is 23.3 Å². The molecule has 0 aliphatic rings. The summed E-state index contributed by atoms with van der Waals surface area (Å²) in [4.78, 5) is 17.0. The van der Waals surface area contributed by atoms with Crippen molar-refractivity contribution in [3.05, 3.63) is 108 Å². The number of carbonyl (C=O) groups is 1. The number of aryl methyl sites for hydroxylation is 1. The molecule has 6 aromatic rings. The fraction of sp³-hybridized carbons (Fsp3) is 0.0938. The number of nitrogens with two attached hydrogens (primary N) is 2. The molecule has 0 aliphatic heterocycles. The standard InChI is InChI=1S/C32H28N6O4S/c1-19-12-26(14-27-30(19)35-16-28(32(34)39)31(27)36-23-4-3-5-24(13-23)42-2)43(40,41)25-11-8-21-18-38(37-29(21)15-25)17-20-6-9-22(33)10-7-20/h3-16,18H,17,33H2,1-2H3,(H2,34,39)(H,35,36). The largest absolute Gasteiger partial charge is 0.497 e. The van der Waals surface area contributed by atoms with Crippen LogP contribution in [0.4, 0.5) is 17.1 Å². The van der Waals surface area contributed by atoms with Gasteiger partial charge in [-0.1, -0.05) is 18.2 Å². The number of fused-ring (bicyclic) bond motifs is 2. The van der Waals surface area contributed by atoms with Crippen LogP contribution >= 0.6 is 0 Å². The second kappa shape index (κ2) is 10.8. The minimum atomic E-state index is -3.99. The van der Waals surface area contributed by atoms with Crippen LogP contribution in [0.25, 0.3) is 21.8 Å². The number of hydrogen-bond donors (Lipinski definition) is 3. The summed E-state index contributed by atoms with van der Waals surface area (Å²) in [5, 5.41) is 9.09. The van der Waals surface area contributed by atoms with E-state index in [0.29, 0.717) is 51.3 Å². The van der Waals surface area contributed by atoms with Gasteiger partial charge in [0.1, 0.15) is 5.75 Å². The van der Waals surface area contributed by atoms with Crippen LogP contribution in [0.15, 0.2) is 101 Å². The average Bonchev–Trinajstić information content (AvgIpc) is 3.40. The lowest BCUT2D eigenvalue weighted by Crippen LogP contribution is -2.14. The van der Waals surface area contributed by atoms with Crippen molar-refractivity contribution in [3.63, 3.8) is 0 Å². The van der Waals surface area contributed by atoms with E-state index < -0.39 is 15.7 Å². The number of primary amides is 1. The van der Waals surface area contributed by atoms with Crippen LogP contribution in [0.2, 0.25) is 0 Å². The molecule has 0 aliphatic carbocycles. The van der Waals surface area contributed by atoms with Crippen molar-refractivity contribution in [3.8, 4) is 5.75 Å². The van der Waals surface area contributed by atoms with Crippen molar-refractivity contribution in [2.24, 2.45) is 5.73 Å². The number of methoxy groups -OCH3 is 1. The molecule has 0 saturated heterocycles. The highest BCUT2D eigenvalue weighted by atomic mass is 32.2. The molecule has 10 nitrogen and oxygen atoms in total. The summed E-state index contributed by atoms with van der Waals surface area (Å²) in [6.07, 6.45) is 3.26. The Bertz CT molecular complexity index is 2140. The van der Waals surface area contributed by atoms with Crippen LogP contribution in [0, 0.1) is 6.92 Å². The van der Waals surface area contributed by atoms with E-state index in [0.717, 1.165) is 10.9 Å². The maximum Gasteiger partial charge on any atom is 0.252 e. The SMILES string of the molecule is COc1cccc(Nc2c(C(N)=O)cnc3c(C)cc(S(=O)(=O)c4ccc5cn(Cc6ccc(N)cc6)nc5c4)cc23)c1. The quantitative estimate of drug-likeness (QED) is 0.204. The zero-order valence-corrected chi connectivity index (χ0v) is 24.2. The van der Waals surface area contributed by atoms with Gasteiger partial charge in [-0.05, 0) is 72.6 Å². The van der Waals surface area contributed by atoms with Crippen molar-refractivity contribution in [1.82, 2.24) is 14.8 Å². The van der Waals surface area contributed by atoms with Gasteiger partial charge in [0.2, 0.25) is 9.84 Å². The summed E-state index contributed by atoms with van der Waals surface area (Å²) >= 11 is 0. The van der Waals surface area contributed by atoms with Crippen LogP contribution in [0.3, 0.4) is 0 Å². The fourth-order valence-electron chi connectivity index (χ4n) is 5.01. The number of rotatable bonds is 8. The third kappa shape index (κ3) is 5.33. The van der Waals surface area contributed by atoms with Gasteiger partial charge in [-0.15, -0.1) is 0 Å². The molecule has 6 rings (SSSR count). The maximum atomic E-state index is 14.0. The summed E-state index contributed by atoms with van der Waals surface area (Å²) in [6.45, 7) is 2.29. The number of pyridine rings is 1. The number of carbonyl (C=O) groups excluding carboxylic acids is 1. The van der Waals surface area contributed by atoms with E-state index in [-0.39, 0.29) is 15.4 Å². The summed E-state index contributed by atoms with van der Waals surface area (Å²) in [7, 11) is -2.43. The Hall–Kier alpha value is -5.42. The number of amides is 1. The second-order valence-corrected chi connectivity index (χ2v) is 12.1. The third-order valence-electron chi connectivity index (χ3n) is 7.21. The molecule has 0 saturated carbocycles. The number of ether oxygens (including phenoxy) is 1. The number of hydrogen-bond acceptors (Lipinski definition) is 8. The summed E-state index contributed by atoms with van der Waals surface area (Å²) < 4.78 is 35.0. The summed E-state index contributed by atoms with van der Waals surface area (Å²) in [5.41, 5.74) is 16.0. The lowest BCUT2D eigenvalue weighted by Gasteiger charge is -2.16. The third-order valence-corrected chi connectivity index (χ3v) is 8.94. The van der Waals surface area contributed by atoms with Crippen LogP contribution < -0.4 is 21.5 Å². The fourth-order valence-corrected chi connectivity index (χ4v) is 6.40. The van der Waals surface area contributed by atoms with E-state index >= 15 is 0 Å². The summed E-state index contributed by atoms with van der Waals surface area (Å²) in [6, 6.07) is 22.6. The first-order valence-corrected chi connectivity index (χ1v) is 14.8. The Kier molecular flexibility index (Phi) is 6.95. The Balaban J connectivity index is 1.43. The number of aromatic nitrogens is 3. The van der Waals surface area contributed by atoms with Gasteiger partial charge in [-0.2, -0.15) is 5.10 Å². The normalized spacial score (nSPS) is 11.6. The molecule has 2 heterocycles. The van der Waals surface area contributed by atoms with Gasteiger partial charge in [0.25, 0.3) is 5.91 Å². The Labute approximate surface area is 247 Å². The van der Waals surface area contributed by atoms with E-state index in [1.165, 1.54) is 12.3 Å². The molecular weight excluding hydrogens is 564 g/mol. The maximum absolute atomic E-state index is 14.0. The molecule has 0 atom stereocenters. The molecule has 0 bridgehead atoms. The van der Waals surface area contributed by atoms with Crippen LogP contribution in [-0.4, -0.2) is 36.2 Å². The summed E-state index contributed by atoms with van der Waals surface area (Å²) in [5.74, 6) is -0.0968. The van der Waals surface area contributed by atoms with Crippen molar-refractivity contribution in [1.29, 1.82) is 0 Å². The molecule has 11 heteroatoms. The molecule has 0 fully saturated rings. The first-order valence-electron chi connectivity index (χ1n) is 13.3. The van der Waals surface area contributed by atoms with Crippen molar-refractivity contribution >= 4 is 54.6 Å². The number of nitrogens with one attached hydrogen (secondary N) is 1. The first kappa shape index (κ1) is 27.7. The number of sulfone groups is 1. The minimum absolute atomic E-state index is 0.0512. The molecule has 1 amide bonds. The van der Waals surface area contributed by atoms with Crippen LogP contribution in [0.1, 0.15) is 21.5 Å². The molecule has 5 N–H and O–H groups in total. The highest BCUT2D eigenvalue weighted by molar-refractivity contribution is 7.91. The predicted molar refractivity (Wildman–Crippen MR) is 166 cm³/mol. The molecule has 43 heavy (non-hydrogen) atoms. The number of nitrogen functional groups attached to an aromatic ring is 1. The van der Waals surface area contributed by atoms with E-state index in [4.69, 9.17) is 16.2 Å². The minimum Gasteiger partial charge on any atom is -0.497 e. The number of nitrogens with zero attached hydrogens (tertiary/aromatic N) is 3. The van der Waals surface area contributed by atoms with E-state index in [1.54, 1.807) is 67.2 Å². The molecule has 4 aromatic carbocycles.